The van der Waals surface area contributed by atoms with Crippen LogP contribution in [0.4, 0.5) is 10.7 Å². The Kier molecular flexibility index (Phi) is 3.14. The van der Waals surface area contributed by atoms with Gasteiger partial charge in [-0.3, -0.25) is 9.59 Å². The van der Waals surface area contributed by atoms with Gasteiger partial charge in [0.25, 0.3) is 11.8 Å². The summed E-state index contributed by atoms with van der Waals surface area (Å²) in [5.41, 5.74) is 16.3. The van der Waals surface area contributed by atoms with Crippen molar-refractivity contribution in [2.45, 2.75) is 12.5 Å². The fourth-order valence-corrected chi connectivity index (χ4v) is 3.12. The normalized spacial score (nSPS) is 19.2. The third-order valence-electron chi connectivity index (χ3n) is 2.85. The Labute approximate surface area is 107 Å². The predicted molar refractivity (Wildman–Crippen MR) is 68.6 cm³/mol. The molecule has 98 valence electrons. The van der Waals surface area contributed by atoms with E-state index in [2.05, 4.69) is 0 Å². The van der Waals surface area contributed by atoms with Crippen LogP contribution in [0.3, 0.4) is 0 Å². The summed E-state index contributed by atoms with van der Waals surface area (Å²) in [5.74, 6) is -1.39. The molecule has 1 saturated heterocycles. The smallest absolute Gasteiger partial charge is 0.260 e. The van der Waals surface area contributed by atoms with Gasteiger partial charge < -0.3 is 27.2 Å². The summed E-state index contributed by atoms with van der Waals surface area (Å²) in [6.07, 6.45) is 0.146. The van der Waals surface area contributed by atoms with Crippen LogP contribution in [0.5, 0.6) is 0 Å². The molecular weight excluding hydrogens is 256 g/mol. The van der Waals surface area contributed by atoms with E-state index in [0.29, 0.717) is 24.5 Å². The van der Waals surface area contributed by atoms with Crippen LogP contribution in [0, 0.1) is 0 Å². The first-order valence-corrected chi connectivity index (χ1v) is 6.18. The van der Waals surface area contributed by atoms with E-state index in [1.54, 1.807) is 4.90 Å². The van der Waals surface area contributed by atoms with Crippen LogP contribution in [0.2, 0.25) is 0 Å². The minimum Gasteiger partial charge on any atom is -0.397 e. The molecule has 1 aliphatic heterocycles. The van der Waals surface area contributed by atoms with Crippen LogP contribution in [0.15, 0.2) is 0 Å². The van der Waals surface area contributed by atoms with Gasteiger partial charge in [-0.25, -0.2) is 0 Å². The Morgan fingerprint density at radius 1 is 1.33 bits per heavy atom. The molecule has 1 aromatic rings. The average molecular weight is 270 g/mol. The molecule has 0 spiro atoms. The molecule has 1 fully saturated rings. The van der Waals surface area contributed by atoms with E-state index < -0.39 is 17.9 Å². The third-order valence-corrected chi connectivity index (χ3v) is 4.13. The zero-order valence-electron chi connectivity index (χ0n) is 9.55. The van der Waals surface area contributed by atoms with Crippen molar-refractivity contribution in [3.63, 3.8) is 0 Å². The van der Waals surface area contributed by atoms with E-state index in [-0.39, 0.29) is 16.1 Å². The molecule has 0 radical (unpaired) electrons. The number of hydrogen-bond donors (Lipinski definition) is 4. The highest BCUT2D eigenvalue weighted by Crippen LogP contribution is 2.39. The summed E-state index contributed by atoms with van der Waals surface area (Å²) in [5, 5.41) is 10.0. The molecule has 0 aromatic carbocycles. The Balaban J connectivity index is 2.49. The van der Waals surface area contributed by atoms with E-state index >= 15 is 0 Å². The van der Waals surface area contributed by atoms with Crippen molar-refractivity contribution in [2.75, 3.05) is 23.7 Å². The van der Waals surface area contributed by atoms with Crippen molar-refractivity contribution in [1.29, 1.82) is 0 Å². The van der Waals surface area contributed by atoms with Gasteiger partial charge in [-0.05, 0) is 6.42 Å². The lowest BCUT2D eigenvalue weighted by atomic mass is 10.2. The van der Waals surface area contributed by atoms with Crippen LogP contribution in [0.1, 0.15) is 26.5 Å². The maximum Gasteiger partial charge on any atom is 0.260 e. The van der Waals surface area contributed by atoms with E-state index in [0.717, 1.165) is 11.3 Å². The monoisotopic (exact) mass is 270 g/mol. The summed E-state index contributed by atoms with van der Waals surface area (Å²) in [6, 6.07) is 0. The first-order valence-electron chi connectivity index (χ1n) is 5.36. The minimum atomic E-state index is -0.701. The molecule has 1 aliphatic rings. The number of nitrogens with zero attached hydrogens (tertiary/aromatic N) is 1. The number of primary amides is 2. The molecule has 8 heteroatoms. The van der Waals surface area contributed by atoms with Gasteiger partial charge in [0.1, 0.15) is 9.88 Å². The predicted octanol–water partition coefficient (Wildman–Crippen LogP) is -0.901. The van der Waals surface area contributed by atoms with Crippen molar-refractivity contribution in [1.82, 2.24) is 0 Å². The fourth-order valence-electron chi connectivity index (χ4n) is 2.00. The van der Waals surface area contributed by atoms with Gasteiger partial charge >= 0.3 is 0 Å². The Bertz CT molecular complexity index is 513. The summed E-state index contributed by atoms with van der Waals surface area (Å²) < 4.78 is 0. The zero-order valence-corrected chi connectivity index (χ0v) is 10.4. The van der Waals surface area contributed by atoms with E-state index in [1.165, 1.54) is 0 Å². The fraction of sp³-hybridized carbons (Fsp3) is 0.400. The average Bonchev–Trinajstić information content (AvgIpc) is 2.81. The molecule has 1 atom stereocenters. The van der Waals surface area contributed by atoms with E-state index in [1.807, 2.05) is 0 Å². The molecule has 1 aromatic heterocycles. The van der Waals surface area contributed by atoms with Crippen LogP contribution >= 0.6 is 11.3 Å². The number of rotatable bonds is 3. The SMILES string of the molecule is NC(=O)c1sc(N2CCC(O)C2)c(C(N)=O)c1N. The number of aliphatic hydroxyl groups is 1. The number of thiophene rings is 1. The number of anilines is 2. The molecule has 2 heterocycles. The summed E-state index contributed by atoms with van der Waals surface area (Å²) in [4.78, 5) is 24.6. The van der Waals surface area contributed by atoms with Gasteiger partial charge in [0, 0.05) is 13.1 Å². The lowest BCUT2D eigenvalue weighted by molar-refractivity contribution is 0.0999. The zero-order chi connectivity index (χ0) is 13.4. The first-order chi connectivity index (χ1) is 8.41. The van der Waals surface area contributed by atoms with E-state index in [4.69, 9.17) is 17.2 Å². The molecule has 0 bridgehead atoms. The quantitative estimate of drug-likeness (QED) is 0.564. The number of nitrogen functional groups attached to an aromatic ring is 1. The molecule has 0 aliphatic carbocycles. The van der Waals surface area contributed by atoms with Crippen LogP contribution in [0.25, 0.3) is 0 Å². The Hall–Kier alpha value is -1.80. The van der Waals surface area contributed by atoms with Crippen LogP contribution in [-0.2, 0) is 0 Å². The molecular formula is C10H14N4O3S. The maximum atomic E-state index is 11.4. The number of β-amino-alcohol motifs (C(OH)–C–C–N with tert-alkyl or cyclic N) is 1. The molecule has 2 amide bonds. The van der Waals surface area contributed by atoms with Gasteiger partial charge in [0.2, 0.25) is 0 Å². The lowest BCUT2D eigenvalue weighted by Gasteiger charge is -2.16. The molecule has 18 heavy (non-hydrogen) atoms. The Morgan fingerprint density at radius 3 is 2.44 bits per heavy atom. The van der Waals surface area contributed by atoms with Gasteiger partial charge in [0.15, 0.2) is 0 Å². The number of carbonyl (C=O) groups excluding carboxylic acids is 2. The number of hydrogen-bond acceptors (Lipinski definition) is 6. The number of nitrogens with two attached hydrogens (primary N) is 3. The molecule has 7 nitrogen and oxygen atoms in total. The van der Waals surface area contributed by atoms with Crippen molar-refractivity contribution in [3.05, 3.63) is 10.4 Å². The highest BCUT2D eigenvalue weighted by molar-refractivity contribution is 7.19. The van der Waals surface area contributed by atoms with Gasteiger partial charge in [-0.2, -0.15) is 0 Å². The standard InChI is InChI=1S/C10H14N4O3S/c11-6-5(8(12)16)10(18-7(6)9(13)17)14-2-1-4(15)3-14/h4,15H,1-3,11H2,(H2,12,16)(H2,13,17). The number of aliphatic hydroxyl groups excluding tert-OH is 1. The van der Waals surface area contributed by atoms with Gasteiger partial charge in [-0.15, -0.1) is 11.3 Å². The highest BCUT2D eigenvalue weighted by Gasteiger charge is 2.30. The number of carbonyl (C=O) groups is 2. The van der Waals surface area contributed by atoms with Gasteiger partial charge in [0.05, 0.1) is 17.4 Å². The Morgan fingerprint density at radius 2 is 2.00 bits per heavy atom. The highest BCUT2D eigenvalue weighted by atomic mass is 32.1. The summed E-state index contributed by atoms with van der Waals surface area (Å²) in [6.45, 7) is 0.970. The van der Waals surface area contributed by atoms with Crippen molar-refractivity contribution in [2.24, 2.45) is 11.5 Å². The summed E-state index contributed by atoms with van der Waals surface area (Å²) in [7, 11) is 0. The lowest BCUT2D eigenvalue weighted by Crippen LogP contribution is -2.24. The minimum absolute atomic E-state index is 0.0244. The second kappa shape index (κ2) is 4.46. The third kappa shape index (κ3) is 2.00. The summed E-state index contributed by atoms with van der Waals surface area (Å²) >= 11 is 1.04. The topological polar surface area (TPSA) is 136 Å². The molecule has 7 N–H and O–H groups in total. The molecule has 0 saturated carbocycles. The number of amides is 2. The van der Waals surface area contributed by atoms with Gasteiger partial charge in [-0.1, -0.05) is 0 Å². The van der Waals surface area contributed by atoms with Crippen LogP contribution in [-0.4, -0.2) is 36.1 Å². The maximum absolute atomic E-state index is 11.4. The van der Waals surface area contributed by atoms with Crippen molar-refractivity contribution in [3.8, 4) is 0 Å². The second-order valence-electron chi connectivity index (χ2n) is 4.14. The molecule has 2 rings (SSSR count). The van der Waals surface area contributed by atoms with Crippen LogP contribution < -0.4 is 22.1 Å². The molecule has 1 unspecified atom stereocenters. The van der Waals surface area contributed by atoms with Crippen molar-refractivity contribution >= 4 is 33.8 Å². The van der Waals surface area contributed by atoms with Crippen molar-refractivity contribution < 1.29 is 14.7 Å². The first kappa shape index (κ1) is 12.7. The second-order valence-corrected chi connectivity index (χ2v) is 5.14. The largest absolute Gasteiger partial charge is 0.397 e. The van der Waals surface area contributed by atoms with E-state index in [9.17, 15) is 14.7 Å².